The van der Waals surface area contributed by atoms with Gasteiger partial charge < -0.3 is 0 Å². The lowest BCUT2D eigenvalue weighted by molar-refractivity contribution is 0.569. The molecule has 0 saturated carbocycles. The van der Waals surface area contributed by atoms with Gasteiger partial charge in [0.25, 0.3) is 0 Å². The van der Waals surface area contributed by atoms with Crippen molar-refractivity contribution in [2.45, 2.75) is 84.9 Å². The van der Waals surface area contributed by atoms with Crippen LogP contribution in [0.5, 0.6) is 0 Å². The lowest BCUT2D eigenvalue weighted by Gasteiger charge is -2.27. The zero-order valence-electron chi connectivity index (χ0n) is 19.8. The number of fused-ring (bicyclic) bond motifs is 1. The highest BCUT2D eigenvalue weighted by molar-refractivity contribution is 6.61. The van der Waals surface area contributed by atoms with Gasteiger partial charge in [-0.15, -0.1) is 0 Å². The second-order valence-electron chi connectivity index (χ2n) is 11.0. The van der Waals surface area contributed by atoms with Crippen LogP contribution < -0.4 is 0 Å². The maximum atomic E-state index is 7.01. The molecule has 1 atom stereocenters. The third-order valence-corrected chi connectivity index (χ3v) is 8.67. The number of halogens is 1. The molecule has 0 N–H and O–H groups in total. The molecule has 1 unspecified atom stereocenters. The van der Waals surface area contributed by atoms with Gasteiger partial charge in [-0.3, -0.25) is 0 Å². The highest BCUT2D eigenvalue weighted by atomic mass is 35.5. The fraction of sp³-hybridized carbons (Fsp3) is 0.481. The number of rotatable bonds is 2. The van der Waals surface area contributed by atoms with Gasteiger partial charge in [-0.25, -0.2) is 0 Å². The van der Waals surface area contributed by atoms with Crippen LogP contribution in [-0.4, -0.2) is 8.80 Å². The summed E-state index contributed by atoms with van der Waals surface area (Å²) in [5.41, 5.74) is 11.6. The van der Waals surface area contributed by atoms with Gasteiger partial charge in [0.2, 0.25) is 0 Å². The highest BCUT2D eigenvalue weighted by Gasteiger charge is 2.34. The molecule has 1 radical (unpaired) electrons. The van der Waals surface area contributed by atoms with Crippen LogP contribution in [0.3, 0.4) is 0 Å². The van der Waals surface area contributed by atoms with Crippen LogP contribution >= 0.6 is 11.6 Å². The first-order chi connectivity index (χ1) is 13.2. The number of benzene rings is 2. The predicted octanol–water partition coefficient (Wildman–Crippen LogP) is 8.62. The zero-order valence-corrected chi connectivity index (χ0v) is 21.6. The number of hydrogen-bond acceptors (Lipinski definition) is 0. The van der Waals surface area contributed by atoms with E-state index in [9.17, 15) is 0 Å². The lowest BCUT2D eigenvalue weighted by Crippen LogP contribution is -2.17. The molecule has 0 aliphatic heterocycles. The lowest BCUT2D eigenvalue weighted by atomic mass is 9.78. The summed E-state index contributed by atoms with van der Waals surface area (Å²) in [6.45, 7) is 23.1. The van der Waals surface area contributed by atoms with Crippen molar-refractivity contribution in [1.82, 2.24) is 0 Å². The van der Waals surface area contributed by atoms with Crippen LogP contribution in [0, 0.1) is 6.92 Å². The Kier molecular flexibility index (Phi) is 5.73. The average Bonchev–Trinajstić information content (AvgIpc) is 2.86. The second kappa shape index (κ2) is 7.43. The van der Waals surface area contributed by atoms with E-state index in [2.05, 4.69) is 98.8 Å². The van der Waals surface area contributed by atoms with E-state index in [1.807, 2.05) is 0 Å². The Labute approximate surface area is 185 Å². The van der Waals surface area contributed by atoms with Crippen LogP contribution in [0.1, 0.15) is 81.8 Å². The summed E-state index contributed by atoms with van der Waals surface area (Å²) in [6.07, 6.45) is 0. The summed E-state index contributed by atoms with van der Waals surface area (Å²) in [4.78, 5) is 0. The van der Waals surface area contributed by atoms with Gasteiger partial charge in [0.05, 0.1) is 8.80 Å². The molecule has 0 nitrogen and oxygen atoms in total. The first-order valence-electron chi connectivity index (χ1n) is 10.7. The third kappa shape index (κ3) is 4.01. The van der Waals surface area contributed by atoms with Gasteiger partial charge in [0.1, 0.15) is 0 Å². The van der Waals surface area contributed by atoms with Crippen LogP contribution in [0.2, 0.25) is 13.1 Å². The number of aryl methyl sites for hydroxylation is 1. The number of allylic oxidation sites excluding steroid dienone is 1. The summed E-state index contributed by atoms with van der Waals surface area (Å²) in [5.74, 6) is 0. The maximum Gasteiger partial charge on any atom is 0.0552 e. The van der Waals surface area contributed by atoms with Crippen molar-refractivity contribution in [3.8, 4) is 11.1 Å². The first kappa shape index (κ1) is 22.4. The summed E-state index contributed by atoms with van der Waals surface area (Å²) < 4.78 is 0. The fourth-order valence-corrected chi connectivity index (χ4v) is 6.85. The van der Waals surface area contributed by atoms with E-state index in [0.29, 0.717) is 5.54 Å². The maximum absolute atomic E-state index is 7.01. The molecule has 2 aromatic carbocycles. The fourth-order valence-electron chi connectivity index (χ4n) is 4.48. The summed E-state index contributed by atoms with van der Waals surface area (Å²) in [5, 5.41) is 0.980. The Morgan fingerprint density at radius 1 is 0.828 bits per heavy atom. The molecule has 0 fully saturated rings. The van der Waals surface area contributed by atoms with E-state index in [0.717, 1.165) is 5.03 Å². The van der Waals surface area contributed by atoms with E-state index < -0.39 is 8.80 Å². The molecule has 155 valence electrons. The topological polar surface area (TPSA) is 0 Å². The van der Waals surface area contributed by atoms with Crippen LogP contribution in [-0.2, 0) is 10.8 Å². The quantitative estimate of drug-likeness (QED) is 0.424. The van der Waals surface area contributed by atoms with Crippen molar-refractivity contribution in [2.24, 2.45) is 0 Å². The Hall–Kier alpha value is -1.31. The molecule has 29 heavy (non-hydrogen) atoms. The molecule has 1 aliphatic carbocycles. The van der Waals surface area contributed by atoms with Gasteiger partial charge >= 0.3 is 0 Å². The smallest absolute Gasteiger partial charge is 0.0552 e. The van der Waals surface area contributed by atoms with Gasteiger partial charge in [0.15, 0.2) is 0 Å². The van der Waals surface area contributed by atoms with Gasteiger partial charge in [-0.05, 0) is 69.2 Å². The minimum atomic E-state index is -0.530. The van der Waals surface area contributed by atoms with Gasteiger partial charge in [-0.1, -0.05) is 96.6 Å². The minimum Gasteiger partial charge on any atom is -0.0837 e. The van der Waals surface area contributed by atoms with Crippen LogP contribution in [0.4, 0.5) is 0 Å². The standard InChI is InChI=1S/C27H36ClSi/c1-16-11-12-21(23-22(16)25(29(9)10)17(2)24(23)28)18-13-19(26(3,4)5)15-20(14-18)27(6,7)8/h11-15,25H,1-10H3. The molecule has 0 heterocycles. The van der Waals surface area contributed by atoms with Crippen LogP contribution in [0.15, 0.2) is 35.9 Å². The summed E-state index contributed by atoms with van der Waals surface area (Å²) >= 11 is 7.01. The third-order valence-electron chi connectivity index (χ3n) is 6.30. The van der Waals surface area contributed by atoms with E-state index in [1.165, 1.54) is 44.5 Å². The molecule has 2 heteroatoms. The molecule has 0 aromatic heterocycles. The second-order valence-corrected chi connectivity index (χ2v) is 14.1. The van der Waals surface area contributed by atoms with Crippen molar-refractivity contribution in [3.63, 3.8) is 0 Å². The van der Waals surface area contributed by atoms with Crippen LogP contribution in [0.25, 0.3) is 16.2 Å². The monoisotopic (exact) mass is 423 g/mol. The van der Waals surface area contributed by atoms with Crippen molar-refractivity contribution >= 4 is 25.4 Å². The van der Waals surface area contributed by atoms with E-state index in [1.54, 1.807) is 0 Å². The Balaban J connectivity index is 2.35. The molecule has 0 amide bonds. The largest absolute Gasteiger partial charge is 0.0837 e. The molecule has 0 saturated heterocycles. The normalized spacial score (nSPS) is 17.3. The summed E-state index contributed by atoms with van der Waals surface area (Å²) in [6, 6.07) is 11.8. The van der Waals surface area contributed by atoms with Gasteiger partial charge in [0, 0.05) is 10.6 Å². The van der Waals surface area contributed by atoms with Crippen molar-refractivity contribution in [1.29, 1.82) is 0 Å². The van der Waals surface area contributed by atoms with Crippen molar-refractivity contribution in [2.75, 3.05) is 0 Å². The Morgan fingerprint density at radius 3 is 1.79 bits per heavy atom. The molecular formula is C27H36ClSi. The molecule has 0 bridgehead atoms. The van der Waals surface area contributed by atoms with E-state index >= 15 is 0 Å². The van der Waals surface area contributed by atoms with Crippen molar-refractivity contribution in [3.05, 3.63) is 63.7 Å². The molecule has 3 rings (SSSR count). The zero-order chi connectivity index (χ0) is 21.9. The van der Waals surface area contributed by atoms with Gasteiger partial charge in [-0.2, -0.15) is 0 Å². The molecule has 1 aliphatic rings. The van der Waals surface area contributed by atoms with E-state index in [-0.39, 0.29) is 10.8 Å². The SMILES string of the molecule is CC1=C(Cl)c2c(-c3cc(C(C)(C)C)cc(C(C)(C)C)c3)ccc(C)c2C1[Si](C)C. The Morgan fingerprint density at radius 2 is 1.34 bits per heavy atom. The highest BCUT2D eigenvalue weighted by Crippen LogP contribution is 2.50. The minimum absolute atomic E-state index is 0.102. The average molecular weight is 424 g/mol. The first-order valence-corrected chi connectivity index (χ1v) is 13.7. The van der Waals surface area contributed by atoms with Crippen molar-refractivity contribution < 1.29 is 0 Å². The molecule has 0 spiro atoms. The predicted molar refractivity (Wildman–Crippen MR) is 133 cm³/mol. The van der Waals surface area contributed by atoms with E-state index in [4.69, 9.17) is 11.6 Å². The Bertz CT molecular complexity index is 949. The number of hydrogen-bond donors (Lipinski definition) is 0. The summed E-state index contributed by atoms with van der Waals surface area (Å²) in [7, 11) is -0.530. The molecular weight excluding hydrogens is 388 g/mol. The molecule has 2 aromatic rings.